The largest absolute Gasteiger partial charge is 0.466 e. The number of rotatable bonds is 8. The van der Waals surface area contributed by atoms with Gasteiger partial charge in [0.25, 0.3) is 5.56 Å². The van der Waals surface area contributed by atoms with Gasteiger partial charge >= 0.3 is 5.97 Å². The Hall–Kier alpha value is -2.98. The normalized spacial score (nSPS) is 10.5. The number of hydrogen-bond acceptors (Lipinski definition) is 8. The maximum absolute atomic E-state index is 12.2. The Balaban J connectivity index is 1.57. The summed E-state index contributed by atoms with van der Waals surface area (Å²) in [7, 11) is 0. The third kappa shape index (κ3) is 6.26. The van der Waals surface area contributed by atoms with Crippen molar-refractivity contribution in [3.63, 3.8) is 0 Å². The van der Waals surface area contributed by atoms with Gasteiger partial charge in [0.05, 0.1) is 24.5 Å². The number of nitrogens with zero attached hydrogens (tertiary/aromatic N) is 2. The molecule has 2 aromatic heterocycles. The summed E-state index contributed by atoms with van der Waals surface area (Å²) in [5, 5.41) is 3.43. The van der Waals surface area contributed by atoms with E-state index in [-0.39, 0.29) is 29.6 Å². The first-order valence-corrected chi connectivity index (χ1v) is 10.5. The van der Waals surface area contributed by atoms with Gasteiger partial charge in [-0.3, -0.25) is 14.4 Å². The Morgan fingerprint density at radius 2 is 2.07 bits per heavy atom. The highest BCUT2D eigenvalue weighted by Crippen LogP contribution is 2.21. The molecular formula is C19H18N4O4S2. The average molecular weight is 431 g/mol. The van der Waals surface area contributed by atoms with Crippen molar-refractivity contribution in [1.82, 2.24) is 15.0 Å². The van der Waals surface area contributed by atoms with Crippen LogP contribution in [0, 0.1) is 0 Å². The lowest BCUT2D eigenvalue weighted by atomic mass is 10.1. The number of anilines is 1. The van der Waals surface area contributed by atoms with Crippen LogP contribution < -0.4 is 10.9 Å². The molecule has 3 rings (SSSR count). The Morgan fingerprint density at radius 1 is 1.28 bits per heavy atom. The summed E-state index contributed by atoms with van der Waals surface area (Å²) in [6.45, 7) is 2.06. The number of carbonyl (C=O) groups is 2. The van der Waals surface area contributed by atoms with Crippen molar-refractivity contribution >= 4 is 40.1 Å². The van der Waals surface area contributed by atoms with Crippen LogP contribution >= 0.6 is 23.1 Å². The molecule has 150 valence electrons. The van der Waals surface area contributed by atoms with Gasteiger partial charge in [-0.2, -0.15) is 0 Å². The van der Waals surface area contributed by atoms with Gasteiger partial charge in [0.15, 0.2) is 10.3 Å². The fraction of sp³-hybridized carbons (Fsp3) is 0.211. The van der Waals surface area contributed by atoms with E-state index in [1.165, 1.54) is 23.6 Å². The number of hydrogen-bond donors (Lipinski definition) is 2. The van der Waals surface area contributed by atoms with Crippen LogP contribution in [0.2, 0.25) is 0 Å². The van der Waals surface area contributed by atoms with E-state index in [0.717, 1.165) is 17.3 Å². The lowest BCUT2D eigenvalue weighted by Gasteiger charge is -2.04. The molecule has 0 bridgehead atoms. The quantitative estimate of drug-likeness (QED) is 0.321. The minimum Gasteiger partial charge on any atom is -0.466 e. The summed E-state index contributed by atoms with van der Waals surface area (Å²) < 4.78 is 4.89. The number of aromatic amines is 1. The molecule has 0 radical (unpaired) electrons. The Morgan fingerprint density at radius 3 is 2.83 bits per heavy atom. The number of benzene rings is 1. The van der Waals surface area contributed by atoms with E-state index in [0.29, 0.717) is 27.5 Å². The van der Waals surface area contributed by atoms with E-state index < -0.39 is 0 Å². The standard InChI is InChI=1S/C19H18N4O4S2/c1-2-27-17(26)8-13-10-20-18(29-13)23-16(25)11-28-19-21-14(9-15(24)22-19)12-6-4-3-5-7-12/h3-7,9-10H,2,8,11H2,1H3,(H,20,23,25)(H,21,22,24). The van der Waals surface area contributed by atoms with Gasteiger partial charge in [-0.1, -0.05) is 42.1 Å². The van der Waals surface area contributed by atoms with Crippen LogP contribution in [0.15, 0.2) is 52.5 Å². The number of thiazole rings is 1. The van der Waals surface area contributed by atoms with Crippen LogP contribution in [0.5, 0.6) is 0 Å². The van der Waals surface area contributed by atoms with Gasteiger partial charge in [-0.25, -0.2) is 9.97 Å². The number of amides is 1. The predicted octanol–water partition coefficient (Wildman–Crippen LogP) is 2.73. The maximum atomic E-state index is 12.2. The van der Waals surface area contributed by atoms with Crippen molar-refractivity contribution in [2.45, 2.75) is 18.5 Å². The number of thioether (sulfide) groups is 1. The second-order valence-corrected chi connectivity index (χ2v) is 7.83. The van der Waals surface area contributed by atoms with Crippen LogP contribution in [0.3, 0.4) is 0 Å². The van der Waals surface area contributed by atoms with E-state index in [1.54, 1.807) is 6.92 Å². The lowest BCUT2D eigenvalue weighted by Crippen LogP contribution is -2.15. The first kappa shape index (κ1) is 20.7. The summed E-state index contributed by atoms with van der Waals surface area (Å²) in [4.78, 5) is 47.4. The molecule has 0 atom stereocenters. The topological polar surface area (TPSA) is 114 Å². The van der Waals surface area contributed by atoms with E-state index in [1.807, 2.05) is 30.3 Å². The fourth-order valence-corrected chi connectivity index (χ4v) is 3.84. The fourth-order valence-electron chi connectivity index (χ4n) is 2.35. The van der Waals surface area contributed by atoms with Crippen molar-refractivity contribution in [2.24, 2.45) is 0 Å². The van der Waals surface area contributed by atoms with Crippen molar-refractivity contribution in [3.05, 3.63) is 57.8 Å². The zero-order valence-electron chi connectivity index (χ0n) is 15.5. The van der Waals surface area contributed by atoms with Crippen LogP contribution in [0.4, 0.5) is 5.13 Å². The van der Waals surface area contributed by atoms with Gasteiger partial charge in [-0.15, -0.1) is 11.3 Å². The summed E-state index contributed by atoms with van der Waals surface area (Å²) >= 11 is 2.33. The van der Waals surface area contributed by atoms with Crippen molar-refractivity contribution < 1.29 is 14.3 Å². The highest BCUT2D eigenvalue weighted by Gasteiger charge is 2.12. The summed E-state index contributed by atoms with van der Waals surface area (Å²) in [5.41, 5.74) is 1.08. The molecule has 1 amide bonds. The van der Waals surface area contributed by atoms with Gasteiger partial charge in [0, 0.05) is 22.7 Å². The first-order chi connectivity index (χ1) is 14.0. The smallest absolute Gasteiger partial charge is 0.311 e. The Bertz CT molecular complexity index is 1050. The van der Waals surface area contributed by atoms with E-state index >= 15 is 0 Å². The number of ether oxygens (including phenoxy) is 1. The molecule has 0 spiro atoms. The van der Waals surface area contributed by atoms with E-state index in [4.69, 9.17) is 4.74 Å². The van der Waals surface area contributed by atoms with Crippen molar-refractivity contribution in [2.75, 3.05) is 17.7 Å². The zero-order chi connectivity index (χ0) is 20.6. The second kappa shape index (κ2) is 9.99. The van der Waals surface area contributed by atoms with Gasteiger partial charge in [-0.05, 0) is 6.92 Å². The number of nitrogens with one attached hydrogen (secondary N) is 2. The molecule has 2 heterocycles. The second-order valence-electron chi connectivity index (χ2n) is 5.75. The molecule has 8 nitrogen and oxygen atoms in total. The summed E-state index contributed by atoms with van der Waals surface area (Å²) in [5.74, 6) is -0.578. The van der Waals surface area contributed by atoms with Crippen LogP contribution in [-0.4, -0.2) is 39.2 Å². The lowest BCUT2D eigenvalue weighted by molar-refractivity contribution is -0.142. The van der Waals surface area contributed by atoms with Crippen LogP contribution in [0.1, 0.15) is 11.8 Å². The number of esters is 1. The molecule has 0 aliphatic heterocycles. The third-order valence-electron chi connectivity index (χ3n) is 3.55. The molecule has 0 aliphatic rings. The Kier molecular flexibility index (Phi) is 7.14. The van der Waals surface area contributed by atoms with Gasteiger partial charge in [0.1, 0.15) is 0 Å². The predicted molar refractivity (Wildman–Crippen MR) is 112 cm³/mol. The molecule has 3 aromatic rings. The van der Waals surface area contributed by atoms with Crippen molar-refractivity contribution in [1.29, 1.82) is 0 Å². The molecule has 29 heavy (non-hydrogen) atoms. The molecule has 1 aromatic carbocycles. The molecule has 2 N–H and O–H groups in total. The molecule has 0 aliphatic carbocycles. The van der Waals surface area contributed by atoms with Crippen molar-refractivity contribution in [3.8, 4) is 11.3 Å². The molecule has 0 unspecified atom stereocenters. The number of H-pyrrole nitrogens is 1. The molecular weight excluding hydrogens is 412 g/mol. The average Bonchev–Trinajstić information content (AvgIpc) is 3.13. The Labute approximate surface area is 174 Å². The summed E-state index contributed by atoms with van der Waals surface area (Å²) in [6.07, 6.45) is 1.65. The molecule has 0 saturated carbocycles. The van der Waals surface area contributed by atoms with Gasteiger partial charge < -0.3 is 15.0 Å². The first-order valence-electron chi connectivity index (χ1n) is 8.73. The molecule has 10 heteroatoms. The molecule has 0 fully saturated rings. The van der Waals surface area contributed by atoms with E-state index in [2.05, 4.69) is 20.3 Å². The maximum Gasteiger partial charge on any atom is 0.311 e. The zero-order valence-corrected chi connectivity index (χ0v) is 17.1. The monoisotopic (exact) mass is 430 g/mol. The number of carbonyl (C=O) groups excluding carboxylic acids is 2. The SMILES string of the molecule is CCOC(=O)Cc1cnc(NC(=O)CSc2nc(-c3ccccc3)cc(=O)[nH]2)s1. The highest BCUT2D eigenvalue weighted by molar-refractivity contribution is 7.99. The minimum absolute atomic E-state index is 0.0496. The summed E-state index contributed by atoms with van der Waals surface area (Å²) in [6, 6.07) is 10.7. The highest BCUT2D eigenvalue weighted by atomic mass is 32.2. The molecule has 0 saturated heterocycles. The minimum atomic E-state index is -0.335. The third-order valence-corrected chi connectivity index (χ3v) is 5.34. The van der Waals surface area contributed by atoms with Crippen LogP contribution in [0.25, 0.3) is 11.3 Å². The van der Waals surface area contributed by atoms with E-state index in [9.17, 15) is 14.4 Å². The number of aromatic nitrogens is 3. The van der Waals surface area contributed by atoms with Crippen LogP contribution in [-0.2, 0) is 20.7 Å². The van der Waals surface area contributed by atoms with Gasteiger partial charge in [0.2, 0.25) is 5.91 Å².